The predicted molar refractivity (Wildman–Crippen MR) is 71.9 cm³/mol. The van der Waals surface area contributed by atoms with Gasteiger partial charge in [0.2, 0.25) is 10.0 Å². The molecule has 2 amide bonds. The third kappa shape index (κ3) is 8.67. The first-order valence-electron chi connectivity index (χ1n) is 5.73. The zero-order valence-electron chi connectivity index (χ0n) is 11.9. The fourth-order valence-electron chi connectivity index (χ4n) is 1.36. The highest BCUT2D eigenvalue weighted by Crippen LogP contribution is 2.01. The first-order chi connectivity index (χ1) is 8.97. The van der Waals surface area contributed by atoms with Crippen molar-refractivity contribution < 1.29 is 27.9 Å². The first kappa shape index (κ1) is 18.6. The van der Waals surface area contributed by atoms with Crippen LogP contribution < -0.4 is 15.4 Å². The van der Waals surface area contributed by atoms with Gasteiger partial charge in [-0.3, -0.25) is 0 Å². The van der Waals surface area contributed by atoms with E-state index in [9.17, 15) is 18.0 Å². The number of carbonyl (C=O) groups excluding carboxylic acids is 1. The summed E-state index contributed by atoms with van der Waals surface area (Å²) in [5.41, 5.74) is -0.863. The third-order valence-electron chi connectivity index (χ3n) is 2.16. The molecule has 0 spiro atoms. The maximum absolute atomic E-state index is 11.5. The van der Waals surface area contributed by atoms with Crippen LogP contribution in [0.3, 0.4) is 0 Å². The molecule has 1 atom stereocenters. The van der Waals surface area contributed by atoms with Gasteiger partial charge < -0.3 is 20.5 Å². The summed E-state index contributed by atoms with van der Waals surface area (Å²) in [6.07, 6.45) is -0.117. The molecule has 0 aromatic heterocycles. The van der Waals surface area contributed by atoms with Gasteiger partial charge in [-0.15, -0.1) is 0 Å². The average molecular weight is 311 g/mol. The number of sulfonamides is 1. The minimum Gasteiger partial charge on any atom is -0.479 e. The highest BCUT2D eigenvalue weighted by molar-refractivity contribution is 7.88. The highest BCUT2D eigenvalue weighted by Gasteiger charge is 2.23. The Labute approximate surface area is 118 Å². The van der Waals surface area contributed by atoms with E-state index in [0.717, 1.165) is 6.26 Å². The molecule has 0 rings (SSSR count). The number of rotatable bonds is 8. The van der Waals surface area contributed by atoms with Gasteiger partial charge in [0.15, 0.2) is 6.10 Å². The quantitative estimate of drug-likeness (QED) is 0.441. The maximum atomic E-state index is 11.5. The van der Waals surface area contributed by atoms with Gasteiger partial charge in [0.05, 0.1) is 12.8 Å². The Hall–Kier alpha value is -1.39. The van der Waals surface area contributed by atoms with Gasteiger partial charge >= 0.3 is 12.0 Å². The lowest BCUT2D eigenvalue weighted by atomic mass is 10.1. The molecule has 0 aliphatic rings. The number of methoxy groups -OCH3 is 1. The van der Waals surface area contributed by atoms with E-state index in [-0.39, 0.29) is 13.1 Å². The highest BCUT2D eigenvalue weighted by atomic mass is 32.2. The van der Waals surface area contributed by atoms with E-state index in [1.165, 1.54) is 7.11 Å². The van der Waals surface area contributed by atoms with E-state index in [0.29, 0.717) is 0 Å². The Balaban J connectivity index is 4.20. The minimum absolute atomic E-state index is 0.0383. The number of carbonyl (C=O) groups is 2. The lowest BCUT2D eigenvalue weighted by molar-refractivity contribution is -0.147. The molecule has 0 fully saturated rings. The number of aliphatic carboxylic acids is 1. The second kappa shape index (κ2) is 7.41. The van der Waals surface area contributed by atoms with E-state index in [1.807, 2.05) is 0 Å². The molecule has 10 heteroatoms. The second-order valence-corrected chi connectivity index (χ2v) is 6.63. The fourth-order valence-corrected chi connectivity index (χ4v) is 2.43. The molecule has 118 valence electrons. The monoisotopic (exact) mass is 311 g/mol. The van der Waals surface area contributed by atoms with Crippen molar-refractivity contribution >= 4 is 22.0 Å². The predicted octanol–water partition coefficient (Wildman–Crippen LogP) is -1.29. The van der Waals surface area contributed by atoms with Crippen LogP contribution in [-0.2, 0) is 19.6 Å². The van der Waals surface area contributed by atoms with Crippen molar-refractivity contribution in [3.05, 3.63) is 0 Å². The molecule has 0 aliphatic heterocycles. The number of hydrogen-bond donors (Lipinski definition) is 4. The lowest BCUT2D eigenvalue weighted by Crippen LogP contribution is -2.53. The van der Waals surface area contributed by atoms with Gasteiger partial charge in [0, 0.05) is 19.2 Å². The Morgan fingerprint density at radius 3 is 2.25 bits per heavy atom. The minimum atomic E-state index is -3.39. The second-order valence-electron chi connectivity index (χ2n) is 4.88. The van der Waals surface area contributed by atoms with Gasteiger partial charge in [-0.25, -0.2) is 22.7 Å². The molecule has 4 N–H and O–H groups in total. The van der Waals surface area contributed by atoms with Crippen molar-refractivity contribution in [1.82, 2.24) is 15.4 Å². The SMILES string of the molecule is COC(CNC(=O)NCC(C)(C)NS(C)(=O)=O)C(=O)O. The summed E-state index contributed by atoms with van der Waals surface area (Å²) in [6.45, 7) is 3.04. The van der Waals surface area contributed by atoms with Crippen LogP contribution >= 0.6 is 0 Å². The van der Waals surface area contributed by atoms with Crippen molar-refractivity contribution in [3.63, 3.8) is 0 Å². The van der Waals surface area contributed by atoms with Crippen molar-refractivity contribution in [3.8, 4) is 0 Å². The Morgan fingerprint density at radius 1 is 1.30 bits per heavy atom. The molecule has 0 saturated carbocycles. The zero-order chi connectivity index (χ0) is 16.0. The van der Waals surface area contributed by atoms with Crippen molar-refractivity contribution in [2.45, 2.75) is 25.5 Å². The zero-order valence-corrected chi connectivity index (χ0v) is 12.7. The summed E-state index contributed by atoms with van der Waals surface area (Å²) in [7, 11) is -2.17. The van der Waals surface area contributed by atoms with Gasteiger partial charge in [-0.2, -0.15) is 0 Å². The van der Waals surface area contributed by atoms with Gasteiger partial charge in [0.1, 0.15) is 0 Å². The third-order valence-corrected chi connectivity index (χ3v) is 3.08. The number of ether oxygens (including phenoxy) is 1. The Morgan fingerprint density at radius 2 is 1.85 bits per heavy atom. The molecule has 0 aliphatic carbocycles. The van der Waals surface area contributed by atoms with Crippen LogP contribution in [0, 0.1) is 0 Å². The van der Waals surface area contributed by atoms with Crippen LogP contribution in [0.5, 0.6) is 0 Å². The molecule has 1 unspecified atom stereocenters. The summed E-state index contributed by atoms with van der Waals surface area (Å²) in [5, 5.41) is 13.5. The van der Waals surface area contributed by atoms with Gasteiger partial charge in [0.25, 0.3) is 0 Å². The van der Waals surface area contributed by atoms with Crippen molar-refractivity contribution in [2.24, 2.45) is 0 Å². The first-order valence-corrected chi connectivity index (χ1v) is 7.62. The number of urea groups is 1. The number of carboxylic acid groups (broad SMARTS) is 1. The molecule has 0 radical (unpaired) electrons. The summed E-state index contributed by atoms with van der Waals surface area (Å²) in [6, 6.07) is -0.614. The normalized spacial score (nSPS) is 13.6. The summed E-state index contributed by atoms with van der Waals surface area (Å²) < 4.78 is 29.2. The van der Waals surface area contributed by atoms with Gasteiger partial charge in [-0.05, 0) is 13.8 Å². The lowest BCUT2D eigenvalue weighted by Gasteiger charge is -2.25. The number of nitrogens with one attached hydrogen (secondary N) is 3. The topological polar surface area (TPSA) is 134 Å². The van der Waals surface area contributed by atoms with Crippen LogP contribution in [0.15, 0.2) is 0 Å². The number of carboxylic acids is 1. The van der Waals surface area contributed by atoms with Crippen LogP contribution in [-0.4, -0.2) is 63.6 Å². The Kier molecular flexibility index (Phi) is 6.89. The average Bonchev–Trinajstić information content (AvgIpc) is 2.23. The fraction of sp³-hybridized carbons (Fsp3) is 0.800. The van der Waals surface area contributed by atoms with E-state index in [4.69, 9.17) is 5.11 Å². The van der Waals surface area contributed by atoms with Crippen molar-refractivity contribution in [2.75, 3.05) is 26.5 Å². The number of hydrogen-bond acceptors (Lipinski definition) is 5. The smallest absolute Gasteiger partial charge is 0.334 e. The van der Waals surface area contributed by atoms with Crippen LogP contribution in [0.2, 0.25) is 0 Å². The number of amides is 2. The van der Waals surface area contributed by atoms with Crippen molar-refractivity contribution in [1.29, 1.82) is 0 Å². The molecule has 0 saturated heterocycles. The van der Waals surface area contributed by atoms with Gasteiger partial charge in [-0.1, -0.05) is 0 Å². The van der Waals surface area contributed by atoms with E-state index in [1.54, 1.807) is 13.8 Å². The molecular formula is C10H21N3O6S. The van der Waals surface area contributed by atoms with Crippen LogP contribution in [0.4, 0.5) is 4.79 Å². The van der Waals surface area contributed by atoms with Crippen LogP contribution in [0.1, 0.15) is 13.8 Å². The summed E-state index contributed by atoms with van der Waals surface area (Å²) in [5.74, 6) is -1.19. The summed E-state index contributed by atoms with van der Waals surface area (Å²) in [4.78, 5) is 22.1. The molecule has 20 heavy (non-hydrogen) atoms. The van der Waals surface area contributed by atoms with E-state index < -0.39 is 33.7 Å². The van der Waals surface area contributed by atoms with E-state index in [2.05, 4.69) is 20.1 Å². The largest absolute Gasteiger partial charge is 0.479 e. The van der Waals surface area contributed by atoms with E-state index >= 15 is 0 Å². The standard InChI is InChI=1S/C10H21N3O6S/c1-10(2,13-20(4,17)18)6-12-9(16)11-5-7(19-3)8(14)15/h7,13H,5-6H2,1-4H3,(H,14,15)(H2,11,12,16). The molecule has 9 nitrogen and oxygen atoms in total. The van der Waals surface area contributed by atoms with Crippen LogP contribution in [0.25, 0.3) is 0 Å². The molecule has 0 heterocycles. The molecule has 0 bridgehead atoms. The Bertz CT molecular complexity index is 448. The molecule has 0 aromatic carbocycles. The molecular weight excluding hydrogens is 290 g/mol. The maximum Gasteiger partial charge on any atom is 0.334 e. The molecule has 0 aromatic rings. The summed E-state index contributed by atoms with van der Waals surface area (Å²) >= 11 is 0.